The largest absolute Gasteiger partial charge is 0.340 e. The van der Waals surface area contributed by atoms with E-state index in [1.54, 1.807) is 24.3 Å². The van der Waals surface area contributed by atoms with Crippen molar-refractivity contribution in [3.63, 3.8) is 0 Å². The van der Waals surface area contributed by atoms with Crippen LogP contribution in [-0.4, -0.2) is 22.0 Å². The Hall–Kier alpha value is -2.70. The second kappa shape index (κ2) is 7.04. The van der Waals surface area contributed by atoms with Crippen LogP contribution < -0.4 is 10.6 Å². The van der Waals surface area contributed by atoms with Crippen LogP contribution in [-0.2, 0) is 15.7 Å². The molecule has 1 saturated carbocycles. The fourth-order valence-electron chi connectivity index (χ4n) is 2.85. The zero-order chi connectivity index (χ0) is 20.7. The summed E-state index contributed by atoms with van der Waals surface area (Å²) in [4.78, 5) is 29.3. The minimum atomic E-state index is -0.813. The van der Waals surface area contributed by atoms with Gasteiger partial charge in [0.25, 0.3) is 5.91 Å². The summed E-state index contributed by atoms with van der Waals surface area (Å²) in [7, 11) is 0. The average molecular weight is 384 g/mol. The third-order valence-corrected chi connectivity index (χ3v) is 4.89. The maximum Gasteiger partial charge on any atom is 0.252 e. The molecule has 3 rings (SSSR count). The van der Waals surface area contributed by atoms with Crippen LogP contribution in [0, 0.1) is 11.8 Å². The van der Waals surface area contributed by atoms with E-state index >= 15 is 0 Å². The Kier molecular flexibility index (Phi) is 5.04. The van der Waals surface area contributed by atoms with Crippen molar-refractivity contribution in [3.8, 4) is 0 Å². The number of amides is 2. The molecule has 1 heterocycles. The maximum absolute atomic E-state index is 12.8. The number of aromatic nitrogens is 2. The first-order valence-corrected chi connectivity index (χ1v) is 9.55. The number of nitrogens with one attached hydrogen (secondary N) is 2. The van der Waals surface area contributed by atoms with Crippen LogP contribution in [0.15, 0.2) is 28.8 Å². The fraction of sp³-hybridized carbons (Fsp3) is 0.524. The van der Waals surface area contributed by atoms with Gasteiger partial charge in [0.1, 0.15) is 0 Å². The van der Waals surface area contributed by atoms with Crippen LogP contribution in [0.3, 0.4) is 0 Å². The van der Waals surface area contributed by atoms with Gasteiger partial charge in [-0.3, -0.25) is 9.59 Å². The second-order valence-electron chi connectivity index (χ2n) is 9.14. The number of carbonyl (C=O) groups excluding carboxylic acids is 2. The molecule has 7 heteroatoms. The van der Waals surface area contributed by atoms with Gasteiger partial charge in [0.15, 0.2) is 5.82 Å². The van der Waals surface area contributed by atoms with Gasteiger partial charge >= 0.3 is 0 Å². The molecule has 1 aliphatic rings. The summed E-state index contributed by atoms with van der Waals surface area (Å²) in [5.74, 6) is 1.17. The number of nitrogens with zero attached hydrogens (tertiary/aromatic N) is 2. The standard InChI is InChI=1S/C21H28N4O3/c1-12-10-15(12)17(27)22-14-9-7-8-13(11-14)16(26)24-21(5,6)18-23-19(28-25-18)20(2,3)4/h7-9,11-12,15H,10H2,1-6H3,(H,22,27)(H,24,26). The summed E-state index contributed by atoms with van der Waals surface area (Å²) in [6.45, 7) is 11.7. The summed E-state index contributed by atoms with van der Waals surface area (Å²) in [6, 6.07) is 6.91. The Labute approximate surface area is 165 Å². The number of benzene rings is 1. The topological polar surface area (TPSA) is 97.1 Å². The lowest BCUT2D eigenvalue weighted by molar-refractivity contribution is -0.117. The van der Waals surface area contributed by atoms with Gasteiger partial charge in [-0.25, -0.2) is 0 Å². The first-order valence-electron chi connectivity index (χ1n) is 9.55. The minimum Gasteiger partial charge on any atom is -0.340 e. The highest BCUT2D eigenvalue weighted by molar-refractivity contribution is 5.98. The molecule has 1 aromatic heterocycles. The Morgan fingerprint density at radius 2 is 1.86 bits per heavy atom. The van der Waals surface area contributed by atoms with Crippen molar-refractivity contribution in [3.05, 3.63) is 41.5 Å². The smallest absolute Gasteiger partial charge is 0.252 e. The molecule has 0 radical (unpaired) electrons. The Bertz CT molecular complexity index is 895. The summed E-state index contributed by atoms with van der Waals surface area (Å²) < 4.78 is 5.34. The molecule has 1 aromatic carbocycles. The summed E-state index contributed by atoms with van der Waals surface area (Å²) in [5.41, 5.74) is -0.0117. The van der Waals surface area contributed by atoms with E-state index < -0.39 is 5.54 Å². The zero-order valence-electron chi connectivity index (χ0n) is 17.3. The van der Waals surface area contributed by atoms with Crippen molar-refractivity contribution in [2.24, 2.45) is 11.8 Å². The van der Waals surface area contributed by atoms with Crippen molar-refractivity contribution in [2.75, 3.05) is 5.32 Å². The van der Waals surface area contributed by atoms with Crippen LogP contribution in [0.2, 0.25) is 0 Å². The van der Waals surface area contributed by atoms with Crippen molar-refractivity contribution >= 4 is 17.5 Å². The van der Waals surface area contributed by atoms with Crippen LogP contribution in [0.5, 0.6) is 0 Å². The van der Waals surface area contributed by atoms with E-state index in [1.165, 1.54) is 0 Å². The Morgan fingerprint density at radius 3 is 2.43 bits per heavy atom. The van der Waals surface area contributed by atoms with Gasteiger partial charge < -0.3 is 15.2 Å². The van der Waals surface area contributed by atoms with Gasteiger partial charge in [-0.1, -0.05) is 38.9 Å². The molecule has 2 N–H and O–H groups in total. The number of anilines is 1. The molecule has 2 amide bonds. The molecular weight excluding hydrogens is 356 g/mol. The zero-order valence-corrected chi connectivity index (χ0v) is 17.3. The lowest BCUT2D eigenvalue weighted by Gasteiger charge is -2.22. The molecule has 2 atom stereocenters. The molecule has 2 unspecified atom stereocenters. The molecule has 0 saturated heterocycles. The first-order chi connectivity index (χ1) is 13.0. The minimum absolute atomic E-state index is 0.00638. The molecule has 0 spiro atoms. The van der Waals surface area contributed by atoms with E-state index in [4.69, 9.17) is 4.52 Å². The SMILES string of the molecule is CC1CC1C(=O)Nc1cccc(C(=O)NC(C)(C)c2noc(C(C)(C)C)n2)c1. The molecule has 0 bridgehead atoms. The van der Waals surface area contributed by atoms with E-state index in [-0.39, 0.29) is 23.1 Å². The molecule has 0 aliphatic heterocycles. The molecular formula is C21H28N4O3. The molecule has 28 heavy (non-hydrogen) atoms. The van der Waals surface area contributed by atoms with Gasteiger partial charge in [0, 0.05) is 22.6 Å². The summed E-state index contributed by atoms with van der Waals surface area (Å²) in [5, 5.41) is 9.86. The van der Waals surface area contributed by atoms with Gasteiger partial charge in [0.05, 0.1) is 5.54 Å². The van der Waals surface area contributed by atoms with Crippen LogP contribution in [0.1, 0.15) is 70.0 Å². The van der Waals surface area contributed by atoms with Gasteiger partial charge in [-0.15, -0.1) is 0 Å². The Balaban J connectivity index is 1.70. The van der Waals surface area contributed by atoms with Crippen molar-refractivity contribution in [1.82, 2.24) is 15.5 Å². The first kappa shape index (κ1) is 20.0. The van der Waals surface area contributed by atoms with Gasteiger partial charge in [0.2, 0.25) is 11.8 Å². The van der Waals surface area contributed by atoms with E-state index in [1.807, 2.05) is 34.6 Å². The molecule has 7 nitrogen and oxygen atoms in total. The number of hydrogen-bond acceptors (Lipinski definition) is 5. The van der Waals surface area contributed by atoms with E-state index in [2.05, 4.69) is 27.7 Å². The molecule has 1 fully saturated rings. The van der Waals surface area contributed by atoms with Gasteiger partial charge in [-0.05, 0) is 44.4 Å². The van der Waals surface area contributed by atoms with E-state index in [0.717, 1.165) is 6.42 Å². The van der Waals surface area contributed by atoms with Crippen molar-refractivity contribution in [1.29, 1.82) is 0 Å². The second-order valence-corrected chi connectivity index (χ2v) is 9.14. The highest BCUT2D eigenvalue weighted by atomic mass is 16.5. The van der Waals surface area contributed by atoms with Crippen molar-refractivity contribution in [2.45, 2.75) is 58.9 Å². The summed E-state index contributed by atoms with van der Waals surface area (Å²) in [6.07, 6.45) is 0.918. The van der Waals surface area contributed by atoms with E-state index in [0.29, 0.717) is 28.9 Å². The predicted octanol–water partition coefficient (Wildman–Crippen LogP) is 3.63. The van der Waals surface area contributed by atoms with Crippen LogP contribution >= 0.6 is 0 Å². The monoisotopic (exact) mass is 384 g/mol. The molecule has 150 valence electrons. The highest BCUT2D eigenvalue weighted by Crippen LogP contribution is 2.38. The summed E-state index contributed by atoms with van der Waals surface area (Å²) >= 11 is 0. The average Bonchev–Trinajstić information content (AvgIpc) is 3.10. The number of carbonyl (C=O) groups is 2. The quantitative estimate of drug-likeness (QED) is 0.820. The lowest BCUT2D eigenvalue weighted by Crippen LogP contribution is -2.42. The maximum atomic E-state index is 12.8. The lowest BCUT2D eigenvalue weighted by atomic mass is 9.96. The highest BCUT2D eigenvalue weighted by Gasteiger charge is 2.39. The normalized spacial score (nSPS) is 19.2. The Morgan fingerprint density at radius 1 is 1.18 bits per heavy atom. The number of hydrogen-bond donors (Lipinski definition) is 2. The van der Waals surface area contributed by atoms with E-state index in [9.17, 15) is 9.59 Å². The van der Waals surface area contributed by atoms with Crippen molar-refractivity contribution < 1.29 is 14.1 Å². The number of rotatable bonds is 5. The molecule has 1 aliphatic carbocycles. The van der Waals surface area contributed by atoms with Crippen LogP contribution in [0.4, 0.5) is 5.69 Å². The fourth-order valence-corrected chi connectivity index (χ4v) is 2.85. The van der Waals surface area contributed by atoms with Crippen LogP contribution in [0.25, 0.3) is 0 Å². The van der Waals surface area contributed by atoms with Gasteiger partial charge in [-0.2, -0.15) is 4.98 Å². The predicted molar refractivity (Wildman–Crippen MR) is 106 cm³/mol. The molecule has 2 aromatic rings. The third kappa shape index (κ3) is 4.40. The third-order valence-electron chi connectivity index (χ3n) is 4.89.